The van der Waals surface area contributed by atoms with Gasteiger partial charge in [-0.3, -0.25) is 4.98 Å². The lowest BCUT2D eigenvalue weighted by atomic mass is 10.3. The monoisotopic (exact) mass is 211 g/mol. The van der Waals surface area contributed by atoms with Crippen molar-refractivity contribution in [2.75, 3.05) is 0 Å². The Kier molecular flexibility index (Phi) is 2.78. The van der Waals surface area contributed by atoms with Gasteiger partial charge in [0.05, 0.1) is 11.9 Å². The van der Waals surface area contributed by atoms with E-state index in [0.717, 1.165) is 0 Å². The first-order valence-electron chi connectivity index (χ1n) is 3.42. The van der Waals surface area contributed by atoms with E-state index in [0.29, 0.717) is 12.3 Å². The summed E-state index contributed by atoms with van der Waals surface area (Å²) < 4.78 is 50.5. The third-order valence-corrected chi connectivity index (χ3v) is 1.27. The van der Waals surface area contributed by atoms with Crippen molar-refractivity contribution in [2.45, 2.75) is 13.0 Å². The molecule has 0 fully saturated rings. The third-order valence-electron chi connectivity index (χ3n) is 1.27. The predicted molar refractivity (Wildman–Crippen MR) is 37.4 cm³/mol. The van der Waals surface area contributed by atoms with E-state index in [-0.39, 0.29) is 5.69 Å². The fourth-order valence-electron chi connectivity index (χ4n) is 0.750. The second-order valence-corrected chi connectivity index (χ2v) is 2.32. The van der Waals surface area contributed by atoms with Gasteiger partial charge in [0.1, 0.15) is 6.67 Å². The lowest BCUT2D eigenvalue weighted by molar-refractivity contribution is -0.275. The largest absolute Gasteiger partial charge is 0.573 e. The summed E-state index contributed by atoms with van der Waals surface area (Å²) in [4.78, 5) is 3.32. The molecule has 0 atom stereocenters. The Morgan fingerprint density at radius 3 is 2.57 bits per heavy atom. The minimum absolute atomic E-state index is 0.248. The van der Waals surface area contributed by atoms with Crippen LogP contribution in [0, 0.1) is 0 Å². The predicted octanol–water partition coefficient (Wildman–Crippen LogP) is 2.16. The second kappa shape index (κ2) is 3.69. The molecule has 0 aliphatic rings. The van der Waals surface area contributed by atoms with E-state index in [1.54, 1.807) is 0 Å². The number of rotatable bonds is 2. The van der Waals surface area contributed by atoms with E-state index in [4.69, 9.17) is 5.11 Å². The van der Waals surface area contributed by atoms with Gasteiger partial charge in [-0.05, 0) is 0 Å². The number of aromatic hydroxyl groups is 1. The smallest absolute Gasteiger partial charge is 0.503 e. The van der Waals surface area contributed by atoms with Gasteiger partial charge >= 0.3 is 6.36 Å². The van der Waals surface area contributed by atoms with Crippen LogP contribution in [0.15, 0.2) is 12.3 Å². The van der Waals surface area contributed by atoms with E-state index in [2.05, 4.69) is 9.72 Å². The van der Waals surface area contributed by atoms with Gasteiger partial charge in [-0.2, -0.15) is 0 Å². The van der Waals surface area contributed by atoms with Crippen LogP contribution in [0.4, 0.5) is 17.6 Å². The van der Waals surface area contributed by atoms with Crippen LogP contribution in [0.5, 0.6) is 11.5 Å². The van der Waals surface area contributed by atoms with Crippen molar-refractivity contribution in [3.8, 4) is 11.5 Å². The van der Waals surface area contributed by atoms with Crippen LogP contribution in [0.25, 0.3) is 0 Å². The molecule has 1 rings (SSSR count). The number of pyridine rings is 1. The molecule has 1 aromatic heterocycles. The summed E-state index contributed by atoms with van der Waals surface area (Å²) in [5, 5.41) is 8.88. The minimum atomic E-state index is -4.92. The molecule has 1 N–H and O–H groups in total. The van der Waals surface area contributed by atoms with E-state index in [1.807, 2.05) is 0 Å². The SMILES string of the molecule is Oc1cnc(CF)cc1OC(F)(F)F. The van der Waals surface area contributed by atoms with Crippen LogP contribution in [-0.4, -0.2) is 16.5 Å². The lowest BCUT2D eigenvalue weighted by Gasteiger charge is -2.10. The molecule has 0 saturated carbocycles. The fraction of sp³-hybridized carbons (Fsp3) is 0.286. The standard InChI is InChI=1S/C7H5F4NO2/c8-2-4-1-6(5(13)3-12-4)14-7(9,10)11/h1,3,13H,2H2. The molecule has 7 heteroatoms. The molecule has 0 saturated heterocycles. The molecular formula is C7H5F4NO2. The summed E-state index contributed by atoms with van der Waals surface area (Å²) in [6.45, 7) is -1.03. The summed E-state index contributed by atoms with van der Waals surface area (Å²) in [6, 6.07) is 0.683. The highest BCUT2D eigenvalue weighted by Crippen LogP contribution is 2.30. The van der Waals surface area contributed by atoms with Crippen LogP contribution in [0.2, 0.25) is 0 Å². The number of ether oxygens (including phenoxy) is 1. The summed E-state index contributed by atoms with van der Waals surface area (Å²) in [5.74, 6) is -1.65. The van der Waals surface area contributed by atoms with Crippen LogP contribution in [-0.2, 0) is 6.67 Å². The lowest BCUT2D eigenvalue weighted by Crippen LogP contribution is -2.17. The number of hydrogen-bond donors (Lipinski definition) is 1. The van der Waals surface area contributed by atoms with Gasteiger partial charge in [-0.1, -0.05) is 0 Å². The Morgan fingerprint density at radius 1 is 1.43 bits per heavy atom. The Morgan fingerprint density at radius 2 is 2.07 bits per heavy atom. The van der Waals surface area contributed by atoms with Gasteiger partial charge in [-0.25, -0.2) is 4.39 Å². The summed E-state index contributed by atoms with van der Waals surface area (Å²) in [7, 11) is 0. The molecule has 0 bridgehead atoms. The number of hydrogen-bond acceptors (Lipinski definition) is 3. The number of alkyl halides is 4. The number of aromatic nitrogens is 1. The Bertz CT molecular complexity index is 326. The van der Waals surface area contributed by atoms with E-state index < -0.39 is 24.5 Å². The van der Waals surface area contributed by atoms with Gasteiger partial charge in [0, 0.05) is 6.07 Å². The van der Waals surface area contributed by atoms with Gasteiger partial charge in [0.2, 0.25) is 0 Å². The number of halogens is 4. The molecule has 14 heavy (non-hydrogen) atoms. The Hall–Kier alpha value is -1.53. The maximum absolute atomic E-state index is 12.0. The first-order valence-corrected chi connectivity index (χ1v) is 3.42. The Labute approximate surface area is 76.0 Å². The quantitative estimate of drug-likeness (QED) is 0.762. The highest BCUT2D eigenvalue weighted by molar-refractivity contribution is 5.37. The van der Waals surface area contributed by atoms with Crippen LogP contribution in [0.3, 0.4) is 0 Å². The fourth-order valence-corrected chi connectivity index (χ4v) is 0.750. The third kappa shape index (κ3) is 2.75. The van der Waals surface area contributed by atoms with Crippen molar-refractivity contribution >= 4 is 0 Å². The van der Waals surface area contributed by atoms with Crippen molar-refractivity contribution in [1.82, 2.24) is 4.98 Å². The minimum Gasteiger partial charge on any atom is -0.503 e. The molecule has 78 valence electrons. The topological polar surface area (TPSA) is 42.4 Å². The summed E-state index contributed by atoms with van der Waals surface area (Å²) in [5.41, 5.74) is -0.248. The molecule has 1 aromatic rings. The van der Waals surface area contributed by atoms with Gasteiger partial charge in [-0.15, -0.1) is 13.2 Å². The summed E-state index contributed by atoms with van der Waals surface area (Å²) >= 11 is 0. The Balaban J connectivity index is 2.95. The first-order chi connectivity index (χ1) is 6.42. The average Bonchev–Trinajstić information content (AvgIpc) is 2.06. The highest BCUT2D eigenvalue weighted by atomic mass is 19.4. The second-order valence-electron chi connectivity index (χ2n) is 2.32. The highest BCUT2D eigenvalue weighted by Gasteiger charge is 2.32. The van der Waals surface area contributed by atoms with Crippen molar-refractivity contribution in [3.05, 3.63) is 18.0 Å². The van der Waals surface area contributed by atoms with E-state index in [9.17, 15) is 17.6 Å². The summed E-state index contributed by atoms with van der Waals surface area (Å²) in [6.07, 6.45) is -4.23. The van der Waals surface area contributed by atoms with Gasteiger partial charge in [0.25, 0.3) is 0 Å². The van der Waals surface area contributed by atoms with Gasteiger partial charge in [0.15, 0.2) is 11.5 Å². The molecular weight excluding hydrogens is 206 g/mol. The zero-order chi connectivity index (χ0) is 10.8. The molecule has 0 amide bonds. The molecule has 0 unspecified atom stereocenters. The average molecular weight is 211 g/mol. The van der Waals surface area contributed by atoms with Crippen LogP contribution >= 0.6 is 0 Å². The molecule has 3 nitrogen and oxygen atoms in total. The van der Waals surface area contributed by atoms with Crippen LogP contribution < -0.4 is 4.74 Å². The molecule has 0 aliphatic carbocycles. The van der Waals surface area contributed by atoms with Crippen molar-refractivity contribution in [1.29, 1.82) is 0 Å². The van der Waals surface area contributed by atoms with Crippen molar-refractivity contribution in [2.24, 2.45) is 0 Å². The van der Waals surface area contributed by atoms with Crippen molar-refractivity contribution < 1.29 is 27.4 Å². The first kappa shape index (κ1) is 10.6. The zero-order valence-electron chi connectivity index (χ0n) is 6.68. The van der Waals surface area contributed by atoms with Gasteiger partial charge < -0.3 is 9.84 Å². The molecule has 0 aliphatic heterocycles. The normalized spacial score (nSPS) is 11.4. The maximum Gasteiger partial charge on any atom is 0.573 e. The van der Waals surface area contributed by atoms with E-state index >= 15 is 0 Å². The molecule has 1 heterocycles. The molecule has 0 spiro atoms. The molecule has 0 aromatic carbocycles. The van der Waals surface area contributed by atoms with Crippen LogP contribution in [0.1, 0.15) is 5.69 Å². The van der Waals surface area contributed by atoms with E-state index in [1.165, 1.54) is 0 Å². The van der Waals surface area contributed by atoms with Crippen molar-refractivity contribution in [3.63, 3.8) is 0 Å². The molecule has 0 radical (unpaired) electrons. The zero-order valence-corrected chi connectivity index (χ0v) is 6.68. The maximum atomic E-state index is 12.0. The number of nitrogens with zero attached hydrogens (tertiary/aromatic N) is 1.